The van der Waals surface area contributed by atoms with E-state index in [2.05, 4.69) is 0 Å². The summed E-state index contributed by atoms with van der Waals surface area (Å²) in [5.41, 5.74) is 3.50. The maximum atomic E-state index is 13.7. The van der Waals surface area contributed by atoms with E-state index in [1.165, 1.54) is 12.1 Å². The fraction of sp³-hybridized carbons (Fsp3) is 0.0800. The quantitative estimate of drug-likeness (QED) is 0.451. The third-order valence-corrected chi connectivity index (χ3v) is 5.02. The molecule has 0 saturated heterocycles. The molecule has 30 heavy (non-hydrogen) atoms. The van der Waals surface area contributed by atoms with Gasteiger partial charge in [0.1, 0.15) is 11.6 Å². The molecule has 0 unspecified atom stereocenters. The summed E-state index contributed by atoms with van der Waals surface area (Å²) in [6, 6.07) is 21.4. The molecular weight excluding hydrogens is 401 g/mol. The highest BCUT2D eigenvalue weighted by atomic mass is 35.5. The Morgan fingerprint density at radius 3 is 2.43 bits per heavy atom. The Bertz CT molecular complexity index is 1140. The van der Waals surface area contributed by atoms with Gasteiger partial charge in [0.05, 0.1) is 23.0 Å². The summed E-state index contributed by atoms with van der Waals surface area (Å²) in [5, 5.41) is -0.0309. The minimum absolute atomic E-state index is 0.0309. The molecule has 0 atom stereocenters. The maximum Gasteiger partial charge on any atom is 0.262 e. The lowest BCUT2D eigenvalue weighted by Gasteiger charge is -2.21. The number of carbonyl (C=O) groups excluding carboxylic acids is 1. The van der Waals surface area contributed by atoms with E-state index in [1.54, 1.807) is 11.0 Å². The minimum Gasteiger partial charge on any atom is -0.494 e. The smallest absolute Gasteiger partial charge is 0.262 e. The number of hydrogen-bond donors (Lipinski definition) is 0. The first-order chi connectivity index (χ1) is 14.6. The van der Waals surface area contributed by atoms with Crippen LogP contribution < -0.4 is 9.64 Å². The lowest BCUT2D eigenvalue weighted by molar-refractivity contribution is -0.113. The van der Waals surface area contributed by atoms with Gasteiger partial charge in [-0.3, -0.25) is 9.69 Å². The van der Waals surface area contributed by atoms with Crippen molar-refractivity contribution >= 4 is 35.0 Å². The van der Waals surface area contributed by atoms with Crippen LogP contribution in [-0.2, 0) is 4.79 Å². The lowest BCUT2D eigenvalue weighted by Crippen LogP contribution is -2.25. The molecule has 0 aliphatic carbocycles. The zero-order valence-corrected chi connectivity index (χ0v) is 17.1. The molecule has 0 fully saturated rings. The second-order valence-corrected chi connectivity index (χ2v) is 7.14. The van der Waals surface area contributed by atoms with E-state index in [1.807, 2.05) is 73.7 Å². The number of halogens is 2. The maximum absolute atomic E-state index is 13.7. The first kappa shape index (κ1) is 19.9. The van der Waals surface area contributed by atoms with Gasteiger partial charge < -0.3 is 4.74 Å². The molecule has 1 aliphatic heterocycles. The van der Waals surface area contributed by atoms with Crippen LogP contribution >= 0.6 is 11.6 Å². The van der Waals surface area contributed by atoms with Crippen LogP contribution in [-0.4, -0.2) is 12.5 Å². The molecule has 3 nitrogen and oxygen atoms in total. The minimum atomic E-state index is -0.526. The van der Waals surface area contributed by atoms with Gasteiger partial charge in [-0.25, -0.2) is 4.39 Å². The standard InChI is InChI=1S/C25H19ClFNO2/c1-2-30-21-11-8-17(9-12-21)14-19-15-24(18-6-4-3-5-7-18)28(25(19)29)20-10-13-23(27)22(26)16-20/h3-16H,2H2,1H3/b19-14+. The van der Waals surface area contributed by atoms with Gasteiger partial charge in [0, 0.05) is 5.57 Å². The second kappa shape index (κ2) is 8.56. The van der Waals surface area contributed by atoms with Gasteiger partial charge in [-0.1, -0.05) is 54.1 Å². The van der Waals surface area contributed by atoms with Crippen LogP contribution in [0.1, 0.15) is 18.1 Å². The van der Waals surface area contributed by atoms with Crippen LogP contribution in [0, 0.1) is 5.82 Å². The zero-order valence-electron chi connectivity index (χ0n) is 16.3. The first-order valence-corrected chi connectivity index (χ1v) is 9.96. The predicted octanol–water partition coefficient (Wildman–Crippen LogP) is 6.35. The van der Waals surface area contributed by atoms with Gasteiger partial charge in [-0.2, -0.15) is 0 Å². The Balaban J connectivity index is 1.76. The van der Waals surface area contributed by atoms with Crippen molar-refractivity contribution in [3.8, 4) is 5.75 Å². The van der Waals surface area contributed by atoms with Gasteiger partial charge in [0.2, 0.25) is 0 Å². The van der Waals surface area contributed by atoms with Gasteiger partial charge >= 0.3 is 0 Å². The Labute approximate surface area is 179 Å². The number of benzene rings is 3. The van der Waals surface area contributed by atoms with Crippen LogP contribution in [0.25, 0.3) is 11.8 Å². The second-order valence-electron chi connectivity index (χ2n) is 6.74. The number of ether oxygens (including phenoxy) is 1. The summed E-state index contributed by atoms with van der Waals surface area (Å²) in [6.45, 7) is 2.52. The highest BCUT2D eigenvalue weighted by Crippen LogP contribution is 2.36. The summed E-state index contributed by atoms with van der Waals surface area (Å²) in [6.07, 6.45) is 3.66. The zero-order chi connectivity index (χ0) is 21.1. The highest BCUT2D eigenvalue weighted by molar-refractivity contribution is 6.31. The molecule has 0 saturated carbocycles. The molecular formula is C25H19ClFNO2. The molecule has 5 heteroatoms. The molecule has 4 rings (SSSR count). The van der Waals surface area contributed by atoms with E-state index in [0.717, 1.165) is 16.9 Å². The normalized spacial score (nSPS) is 14.9. The fourth-order valence-corrected chi connectivity index (χ4v) is 3.50. The third-order valence-electron chi connectivity index (χ3n) is 4.73. The topological polar surface area (TPSA) is 29.5 Å². The van der Waals surface area contributed by atoms with Crippen molar-refractivity contribution < 1.29 is 13.9 Å². The van der Waals surface area contributed by atoms with Crippen molar-refractivity contribution in [2.45, 2.75) is 6.92 Å². The van der Waals surface area contributed by atoms with Crippen molar-refractivity contribution in [2.24, 2.45) is 0 Å². The number of carbonyl (C=O) groups is 1. The monoisotopic (exact) mass is 419 g/mol. The number of rotatable bonds is 5. The summed E-state index contributed by atoms with van der Waals surface area (Å²) in [5.74, 6) is 0.0494. The van der Waals surface area contributed by atoms with Crippen LogP contribution in [0.15, 0.2) is 84.4 Å². The summed E-state index contributed by atoms with van der Waals surface area (Å²) < 4.78 is 19.2. The molecule has 1 amide bonds. The molecule has 3 aromatic carbocycles. The first-order valence-electron chi connectivity index (χ1n) is 9.58. The third kappa shape index (κ3) is 4.00. The molecule has 0 spiro atoms. The van der Waals surface area contributed by atoms with Crippen LogP contribution in [0.2, 0.25) is 5.02 Å². The molecule has 3 aromatic rings. The molecule has 1 aliphatic rings. The van der Waals surface area contributed by atoms with E-state index in [4.69, 9.17) is 16.3 Å². The van der Waals surface area contributed by atoms with Crippen molar-refractivity contribution in [3.63, 3.8) is 0 Å². The van der Waals surface area contributed by atoms with Crippen molar-refractivity contribution in [3.05, 3.63) is 106 Å². The number of nitrogens with zero attached hydrogens (tertiary/aromatic N) is 1. The predicted molar refractivity (Wildman–Crippen MR) is 119 cm³/mol. The fourth-order valence-electron chi connectivity index (χ4n) is 3.32. The van der Waals surface area contributed by atoms with E-state index in [9.17, 15) is 9.18 Å². The Kier molecular flexibility index (Phi) is 5.68. The van der Waals surface area contributed by atoms with Crippen LogP contribution in [0.4, 0.5) is 10.1 Å². The molecule has 0 bridgehead atoms. The van der Waals surface area contributed by atoms with E-state index < -0.39 is 5.82 Å². The van der Waals surface area contributed by atoms with Gasteiger partial charge in [0.25, 0.3) is 5.91 Å². The van der Waals surface area contributed by atoms with E-state index in [-0.39, 0.29) is 10.9 Å². The summed E-state index contributed by atoms with van der Waals surface area (Å²) >= 11 is 5.98. The van der Waals surface area contributed by atoms with Gasteiger partial charge in [-0.05, 0) is 60.5 Å². The van der Waals surface area contributed by atoms with Crippen molar-refractivity contribution in [2.75, 3.05) is 11.5 Å². The molecule has 0 aromatic heterocycles. The summed E-state index contributed by atoms with van der Waals surface area (Å²) in [7, 11) is 0. The average Bonchev–Trinajstić information content (AvgIpc) is 3.08. The van der Waals surface area contributed by atoms with E-state index in [0.29, 0.717) is 23.6 Å². The Morgan fingerprint density at radius 2 is 1.77 bits per heavy atom. The SMILES string of the molecule is CCOc1ccc(/C=C2\C=C(c3ccccc3)N(c3ccc(F)c(Cl)c3)C2=O)cc1. The van der Waals surface area contributed by atoms with Crippen LogP contribution in [0.5, 0.6) is 5.75 Å². The van der Waals surface area contributed by atoms with Gasteiger partial charge in [-0.15, -0.1) is 0 Å². The molecule has 1 heterocycles. The average molecular weight is 420 g/mol. The molecule has 150 valence electrons. The number of anilines is 1. The van der Waals surface area contributed by atoms with Gasteiger partial charge in [0.15, 0.2) is 0 Å². The Hall–Kier alpha value is -3.37. The van der Waals surface area contributed by atoms with Crippen molar-refractivity contribution in [1.82, 2.24) is 0 Å². The van der Waals surface area contributed by atoms with Crippen LogP contribution in [0.3, 0.4) is 0 Å². The number of amides is 1. The van der Waals surface area contributed by atoms with Crippen molar-refractivity contribution in [1.29, 1.82) is 0 Å². The summed E-state index contributed by atoms with van der Waals surface area (Å²) in [4.78, 5) is 14.9. The van der Waals surface area contributed by atoms with E-state index >= 15 is 0 Å². The lowest BCUT2D eigenvalue weighted by atomic mass is 10.1. The molecule has 0 radical (unpaired) electrons. The molecule has 0 N–H and O–H groups in total. The number of hydrogen-bond acceptors (Lipinski definition) is 2. The Morgan fingerprint density at radius 1 is 1.03 bits per heavy atom. The largest absolute Gasteiger partial charge is 0.494 e. The highest BCUT2D eigenvalue weighted by Gasteiger charge is 2.30.